The quantitative estimate of drug-likeness (QED) is 0.661. The summed E-state index contributed by atoms with van der Waals surface area (Å²) in [6.07, 6.45) is 7.00. The zero-order valence-corrected chi connectivity index (χ0v) is 9.64. The Hall–Kier alpha value is -1.12. The molecule has 0 fully saturated rings. The van der Waals surface area contributed by atoms with Crippen molar-refractivity contribution in [1.82, 2.24) is 9.97 Å². The van der Waals surface area contributed by atoms with Crippen LogP contribution in [0.2, 0.25) is 0 Å². The molecule has 0 unspecified atom stereocenters. The second-order valence-electron chi connectivity index (χ2n) is 2.15. The van der Waals surface area contributed by atoms with Crippen molar-refractivity contribution in [3.63, 3.8) is 0 Å². The summed E-state index contributed by atoms with van der Waals surface area (Å²) in [6.45, 7) is 0. The van der Waals surface area contributed by atoms with Crippen LogP contribution in [0.3, 0.4) is 0 Å². The van der Waals surface area contributed by atoms with Gasteiger partial charge in [0.2, 0.25) is 0 Å². The minimum atomic E-state index is 0.194. The number of aromatic nitrogens is 2. The molecule has 0 aliphatic carbocycles. The molecule has 2 aromatic heterocycles. The normalized spacial score (nSPS) is 7.60. The maximum atomic E-state index is 4.76. The lowest BCUT2D eigenvalue weighted by atomic mass is 10.5. The Labute approximate surface area is 99.9 Å². The average molecular weight is 243 g/mol. The van der Waals surface area contributed by atoms with Crippen LogP contribution in [-0.2, 0) is 0 Å². The zero-order chi connectivity index (χ0) is 11.2. The van der Waals surface area contributed by atoms with Crippen LogP contribution in [0, 0.1) is 0 Å². The van der Waals surface area contributed by atoms with E-state index in [0.717, 1.165) is 0 Å². The van der Waals surface area contributed by atoms with E-state index in [1.165, 1.54) is 0 Å². The Morgan fingerprint density at radius 1 is 0.600 bits per heavy atom. The van der Waals surface area contributed by atoms with Crippen molar-refractivity contribution in [2.24, 2.45) is 0 Å². The molecule has 2 rings (SSSR count). The molecule has 2 aromatic rings. The average Bonchev–Trinajstić information content (AvgIpc) is 2.35. The van der Waals surface area contributed by atoms with Crippen LogP contribution in [0.1, 0.15) is 0 Å². The molecule has 0 amide bonds. The lowest BCUT2D eigenvalue weighted by Crippen LogP contribution is -1.58. The minimum absolute atomic E-state index is 0.194. The Morgan fingerprint density at radius 3 is 0.933 bits per heavy atom. The van der Waals surface area contributed by atoms with Crippen molar-refractivity contribution in [3.8, 4) is 0 Å². The molecule has 0 N–H and O–H groups in total. The van der Waals surface area contributed by atoms with Gasteiger partial charge in [-0.2, -0.15) is 0 Å². The molecule has 2 nitrogen and oxygen atoms in total. The summed E-state index contributed by atoms with van der Waals surface area (Å²) in [7, 11) is 0. The molecule has 0 atom stereocenters. The maximum absolute atomic E-state index is 4.76. The predicted molar refractivity (Wildman–Crippen MR) is 65.0 cm³/mol. The summed E-state index contributed by atoms with van der Waals surface area (Å²) < 4.78 is 0. The van der Waals surface area contributed by atoms with Crippen LogP contribution in [0.4, 0.5) is 0 Å². The van der Waals surface area contributed by atoms with Crippen LogP contribution in [0.25, 0.3) is 0 Å². The van der Waals surface area contributed by atoms with E-state index in [1.54, 1.807) is 24.8 Å². The van der Waals surface area contributed by atoms with Crippen molar-refractivity contribution in [3.05, 3.63) is 61.2 Å². The van der Waals surface area contributed by atoms with E-state index in [-0.39, 0.29) is 5.34 Å². The standard InChI is InChI=1S/2C5H5N.CH2Cl2/c2*1-2-4-6-5-3-1;2-1-3/h2*1-5H;1H2. The fraction of sp³-hybridized carbons (Fsp3) is 0.0909. The first kappa shape index (κ1) is 13.9. The maximum Gasteiger partial charge on any atom is 0.0967 e. The smallest absolute Gasteiger partial charge is 0.0967 e. The Balaban J connectivity index is 0.000000210. The Bertz CT molecular complexity index is 205. The summed E-state index contributed by atoms with van der Waals surface area (Å²) in [4.78, 5) is 7.57. The highest BCUT2D eigenvalue weighted by atomic mass is 35.5. The fourth-order valence-corrected chi connectivity index (χ4v) is 0.625. The predicted octanol–water partition coefficient (Wildman–Crippen LogP) is 3.58. The highest BCUT2D eigenvalue weighted by Crippen LogP contribution is 1.74. The SMILES string of the molecule is ClCCl.c1ccncc1.c1ccncc1. The Morgan fingerprint density at radius 2 is 0.867 bits per heavy atom. The van der Waals surface area contributed by atoms with Crippen molar-refractivity contribution in [2.75, 3.05) is 5.34 Å². The molecule has 2 heterocycles. The van der Waals surface area contributed by atoms with Gasteiger partial charge in [-0.3, -0.25) is 9.97 Å². The van der Waals surface area contributed by atoms with Crippen molar-refractivity contribution in [2.45, 2.75) is 0 Å². The van der Waals surface area contributed by atoms with Crippen LogP contribution in [-0.4, -0.2) is 15.3 Å². The van der Waals surface area contributed by atoms with Gasteiger partial charge in [0.15, 0.2) is 0 Å². The first-order valence-corrected chi connectivity index (χ1v) is 5.30. The highest BCUT2D eigenvalue weighted by molar-refractivity contribution is 6.40. The van der Waals surface area contributed by atoms with Gasteiger partial charge in [0.25, 0.3) is 0 Å². The Kier molecular flexibility index (Phi) is 11.9. The first-order chi connectivity index (χ1) is 7.41. The van der Waals surface area contributed by atoms with Gasteiger partial charge >= 0.3 is 0 Å². The topological polar surface area (TPSA) is 25.8 Å². The lowest BCUT2D eigenvalue weighted by molar-refractivity contribution is 1.33. The van der Waals surface area contributed by atoms with Gasteiger partial charge in [0.1, 0.15) is 0 Å². The number of pyridine rings is 2. The van der Waals surface area contributed by atoms with Crippen LogP contribution in [0.5, 0.6) is 0 Å². The molecule has 0 aromatic carbocycles. The van der Waals surface area contributed by atoms with E-state index in [0.29, 0.717) is 0 Å². The van der Waals surface area contributed by atoms with E-state index in [1.807, 2.05) is 36.4 Å². The molecule has 0 saturated carbocycles. The summed E-state index contributed by atoms with van der Waals surface area (Å²) in [5.74, 6) is 0. The third-order valence-corrected chi connectivity index (χ3v) is 1.13. The molecular weight excluding hydrogens is 231 g/mol. The first-order valence-electron chi connectivity index (χ1n) is 4.23. The molecule has 80 valence electrons. The van der Waals surface area contributed by atoms with E-state index in [2.05, 4.69) is 9.97 Å². The zero-order valence-electron chi connectivity index (χ0n) is 8.13. The number of hydrogen-bond donors (Lipinski definition) is 0. The van der Waals surface area contributed by atoms with E-state index < -0.39 is 0 Å². The molecule has 0 saturated heterocycles. The number of hydrogen-bond acceptors (Lipinski definition) is 2. The molecule has 15 heavy (non-hydrogen) atoms. The lowest BCUT2D eigenvalue weighted by Gasteiger charge is -1.70. The summed E-state index contributed by atoms with van der Waals surface area (Å²) >= 11 is 9.53. The second kappa shape index (κ2) is 12.9. The van der Waals surface area contributed by atoms with Crippen molar-refractivity contribution >= 4 is 23.2 Å². The third-order valence-electron chi connectivity index (χ3n) is 1.13. The van der Waals surface area contributed by atoms with Gasteiger partial charge in [0, 0.05) is 24.8 Å². The number of rotatable bonds is 0. The monoisotopic (exact) mass is 242 g/mol. The van der Waals surface area contributed by atoms with Crippen molar-refractivity contribution in [1.29, 1.82) is 0 Å². The molecular formula is C11H12Cl2N2. The van der Waals surface area contributed by atoms with Gasteiger partial charge in [-0.1, -0.05) is 12.1 Å². The van der Waals surface area contributed by atoms with Gasteiger partial charge < -0.3 is 0 Å². The van der Waals surface area contributed by atoms with Gasteiger partial charge in [-0.05, 0) is 24.3 Å². The van der Waals surface area contributed by atoms with E-state index in [9.17, 15) is 0 Å². The third kappa shape index (κ3) is 12.9. The summed E-state index contributed by atoms with van der Waals surface area (Å²) in [6, 6.07) is 11.4. The van der Waals surface area contributed by atoms with Crippen LogP contribution < -0.4 is 0 Å². The van der Waals surface area contributed by atoms with Crippen LogP contribution in [0.15, 0.2) is 61.2 Å². The van der Waals surface area contributed by atoms with Gasteiger partial charge in [0.05, 0.1) is 5.34 Å². The fourth-order valence-electron chi connectivity index (χ4n) is 0.625. The van der Waals surface area contributed by atoms with Crippen molar-refractivity contribution < 1.29 is 0 Å². The largest absolute Gasteiger partial charge is 0.265 e. The van der Waals surface area contributed by atoms with E-state index in [4.69, 9.17) is 23.2 Å². The second-order valence-corrected chi connectivity index (χ2v) is 2.96. The van der Waals surface area contributed by atoms with E-state index >= 15 is 0 Å². The molecule has 0 spiro atoms. The minimum Gasteiger partial charge on any atom is -0.265 e. The number of nitrogens with zero attached hydrogens (tertiary/aromatic N) is 2. The molecule has 4 heteroatoms. The number of alkyl halides is 2. The highest BCUT2D eigenvalue weighted by Gasteiger charge is 1.59. The molecule has 0 aliphatic rings. The summed E-state index contributed by atoms with van der Waals surface area (Å²) in [5, 5.41) is 0.194. The van der Waals surface area contributed by atoms with Gasteiger partial charge in [-0.25, -0.2) is 0 Å². The molecule has 0 bridgehead atoms. The molecule has 0 aliphatic heterocycles. The summed E-state index contributed by atoms with van der Waals surface area (Å²) in [5.41, 5.74) is 0. The van der Waals surface area contributed by atoms with Crippen LogP contribution >= 0.6 is 23.2 Å². The number of halogens is 2. The van der Waals surface area contributed by atoms with Gasteiger partial charge in [-0.15, -0.1) is 23.2 Å². The molecule has 0 radical (unpaired) electrons.